The number of carbonyl (C=O) groups is 1. The predicted molar refractivity (Wildman–Crippen MR) is 144 cm³/mol. The minimum absolute atomic E-state index is 0.0272. The van der Waals surface area contributed by atoms with E-state index in [1.807, 2.05) is 48.5 Å². The maximum absolute atomic E-state index is 12.8. The monoisotopic (exact) mass is 538 g/mol. The number of thioether (sulfide) groups is 1. The van der Waals surface area contributed by atoms with Gasteiger partial charge in [0, 0.05) is 16.8 Å². The first-order valence-electron chi connectivity index (χ1n) is 11.2. The van der Waals surface area contributed by atoms with Crippen LogP contribution in [-0.4, -0.2) is 43.8 Å². The molecule has 0 saturated heterocycles. The Bertz CT molecular complexity index is 1420. The molecule has 4 N–H and O–H groups in total. The van der Waals surface area contributed by atoms with E-state index in [-0.39, 0.29) is 10.8 Å². The number of rotatable bonds is 9. The van der Waals surface area contributed by atoms with E-state index in [1.54, 1.807) is 21.1 Å². The number of aromatic nitrogens is 2. The van der Waals surface area contributed by atoms with Crippen LogP contribution in [0.1, 0.15) is 6.92 Å². The normalized spacial score (nSPS) is 12.1. The number of methoxy groups -OCH3 is 2. The van der Waals surface area contributed by atoms with Crippen molar-refractivity contribution in [3.63, 3.8) is 0 Å². The Morgan fingerprint density at radius 1 is 0.919 bits per heavy atom. The fourth-order valence-electron chi connectivity index (χ4n) is 3.52. The van der Waals surface area contributed by atoms with Crippen molar-refractivity contribution >= 4 is 33.4 Å². The minimum Gasteiger partial charge on any atom is -0.497 e. The zero-order valence-electron chi connectivity index (χ0n) is 20.4. The number of benzene rings is 3. The number of ether oxygens (including phenoxy) is 2. The molecule has 0 aliphatic heterocycles. The SMILES string of the molecule is COc1ccc(-c2nc(SC(C)C(=O)Nc3ccc(S(N)(=O)=O)cc3)[nH]c2-c2ccc(OC)cc2)cc1. The van der Waals surface area contributed by atoms with Crippen LogP contribution in [0.4, 0.5) is 5.69 Å². The van der Waals surface area contributed by atoms with Crippen molar-refractivity contribution in [1.29, 1.82) is 0 Å². The van der Waals surface area contributed by atoms with E-state index in [0.29, 0.717) is 10.8 Å². The second-order valence-electron chi connectivity index (χ2n) is 8.04. The molecule has 0 saturated carbocycles. The summed E-state index contributed by atoms with van der Waals surface area (Å²) in [5.41, 5.74) is 3.81. The fraction of sp³-hybridized carbons (Fsp3) is 0.154. The van der Waals surface area contributed by atoms with Gasteiger partial charge in [0.15, 0.2) is 5.16 Å². The summed E-state index contributed by atoms with van der Waals surface area (Å²) < 4.78 is 33.4. The van der Waals surface area contributed by atoms with Gasteiger partial charge in [0.2, 0.25) is 15.9 Å². The van der Waals surface area contributed by atoms with Crippen LogP contribution in [0.25, 0.3) is 22.5 Å². The number of carbonyl (C=O) groups excluding carboxylic acids is 1. The van der Waals surface area contributed by atoms with E-state index in [1.165, 1.54) is 36.0 Å². The van der Waals surface area contributed by atoms with Gasteiger partial charge in [-0.15, -0.1) is 0 Å². The Morgan fingerprint density at radius 3 is 1.97 bits per heavy atom. The van der Waals surface area contributed by atoms with E-state index in [4.69, 9.17) is 19.6 Å². The largest absolute Gasteiger partial charge is 0.497 e. The number of hydrogen-bond donors (Lipinski definition) is 3. The van der Waals surface area contributed by atoms with Gasteiger partial charge in [-0.1, -0.05) is 11.8 Å². The number of imidazole rings is 1. The number of anilines is 1. The first-order chi connectivity index (χ1) is 17.7. The molecule has 37 heavy (non-hydrogen) atoms. The molecule has 1 heterocycles. The van der Waals surface area contributed by atoms with Gasteiger partial charge < -0.3 is 19.8 Å². The average molecular weight is 539 g/mol. The highest BCUT2D eigenvalue weighted by atomic mass is 32.2. The molecule has 3 aromatic carbocycles. The molecule has 1 amide bonds. The van der Waals surface area contributed by atoms with E-state index in [0.717, 1.165) is 34.0 Å². The third-order valence-electron chi connectivity index (χ3n) is 5.53. The van der Waals surface area contributed by atoms with Crippen molar-refractivity contribution in [1.82, 2.24) is 9.97 Å². The number of nitrogens with one attached hydrogen (secondary N) is 2. The quantitative estimate of drug-likeness (QED) is 0.266. The molecule has 192 valence electrons. The first-order valence-corrected chi connectivity index (χ1v) is 13.6. The van der Waals surface area contributed by atoms with Gasteiger partial charge in [-0.3, -0.25) is 4.79 Å². The molecule has 0 spiro atoms. The Labute approximate surface area is 219 Å². The lowest BCUT2D eigenvalue weighted by atomic mass is 10.0. The summed E-state index contributed by atoms with van der Waals surface area (Å²) >= 11 is 1.27. The molecule has 4 aromatic rings. The standard InChI is InChI=1S/C26H26N4O5S2/c1-16(25(31)28-19-8-14-22(15-9-19)37(27,32)33)36-26-29-23(17-4-10-20(34-2)11-5-17)24(30-26)18-6-12-21(35-3)13-7-18/h4-16H,1-3H3,(H,28,31)(H,29,30)(H2,27,32,33). The summed E-state index contributed by atoms with van der Waals surface area (Å²) in [5, 5.41) is 7.98. The Balaban J connectivity index is 1.57. The van der Waals surface area contributed by atoms with Gasteiger partial charge in [-0.2, -0.15) is 0 Å². The number of H-pyrrole nitrogens is 1. The summed E-state index contributed by atoms with van der Waals surface area (Å²) in [6.07, 6.45) is 0. The summed E-state index contributed by atoms with van der Waals surface area (Å²) in [4.78, 5) is 21.0. The molecule has 11 heteroatoms. The van der Waals surface area contributed by atoms with Crippen LogP contribution >= 0.6 is 11.8 Å². The van der Waals surface area contributed by atoms with Gasteiger partial charge in [-0.25, -0.2) is 18.5 Å². The van der Waals surface area contributed by atoms with Crippen molar-refractivity contribution in [3.05, 3.63) is 72.8 Å². The maximum Gasteiger partial charge on any atom is 0.238 e. The van der Waals surface area contributed by atoms with Gasteiger partial charge in [0.05, 0.1) is 35.8 Å². The lowest BCUT2D eigenvalue weighted by Gasteiger charge is -2.11. The topological polar surface area (TPSA) is 136 Å². The number of amides is 1. The van der Waals surface area contributed by atoms with Gasteiger partial charge in [-0.05, 0) is 79.7 Å². The number of aromatic amines is 1. The second-order valence-corrected chi connectivity index (χ2v) is 10.9. The van der Waals surface area contributed by atoms with Crippen molar-refractivity contribution in [2.45, 2.75) is 22.2 Å². The predicted octanol–water partition coefficient (Wildman–Crippen LogP) is 4.53. The van der Waals surface area contributed by atoms with Crippen LogP contribution in [0.3, 0.4) is 0 Å². The van der Waals surface area contributed by atoms with E-state index in [2.05, 4.69) is 10.3 Å². The van der Waals surface area contributed by atoms with E-state index in [9.17, 15) is 13.2 Å². The molecule has 0 fully saturated rings. The van der Waals surface area contributed by atoms with E-state index >= 15 is 0 Å². The summed E-state index contributed by atoms with van der Waals surface area (Å²) in [6, 6.07) is 20.9. The molecule has 0 aliphatic rings. The van der Waals surface area contributed by atoms with Crippen molar-refractivity contribution < 1.29 is 22.7 Å². The summed E-state index contributed by atoms with van der Waals surface area (Å²) in [6.45, 7) is 1.77. The molecule has 1 unspecified atom stereocenters. The zero-order chi connectivity index (χ0) is 26.6. The van der Waals surface area contributed by atoms with Crippen LogP contribution in [0.5, 0.6) is 11.5 Å². The number of nitrogens with two attached hydrogens (primary N) is 1. The van der Waals surface area contributed by atoms with Crippen LogP contribution < -0.4 is 19.9 Å². The molecule has 0 radical (unpaired) electrons. The molecular formula is C26H26N4O5S2. The fourth-order valence-corrected chi connectivity index (χ4v) is 4.85. The molecule has 1 aromatic heterocycles. The van der Waals surface area contributed by atoms with Crippen molar-refractivity contribution in [3.8, 4) is 34.0 Å². The summed E-state index contributed by atoms with van der Waals surface area (Å²) in [7, 11) is -0.576. The molecule has 0 bridgehead atoms. The highest BCUT2D eigenvalue weighted by molar-refractivity contribution is 8.00. The van der Waals surface area contributed by atoms with Gasteiger partial charge in [0.1, 0.15) is 11.5 Å². The number of primary sulfonamides is 1. The molecule has 0 aliphatic carbocycles. The summed E-state index contributed by atoms with van der Waals surface area (Å²) in [5.74, 6) is 1.22. The van der Waals surface area contributed by atoms with Crippen LogP contribution in [-0.2, 0) is 14.8 Å². The lowest BCUT2D eigenvalue weighted by Crippen LogP contribution is -2.22. The highest BCUT2D eigenvalue weighted by Gasteiger charge is 2.20. The van der Waals surface area contributed by atoms with Crippen molar-refractivity contribution in [2.75, 3.05) is 19.5 Å². The zero-order valence-corrected chi connectivity index (χ0v) is 22.0. The molecule has 1 atom stereocenters. The van der Waals surface area contributed by atoms with Gasteiger partial charge >= 0.3 is 0 Å². The Kier molecular flexibility index (Phi) is 7.86. The second kappa shape index (κ2) is 11.1. The van der Waals surface area contributed by atoms with Crippen LogP contribution in [0.2, 0.25) is 0 Å². The number of hydrogen-bond acceptors (Lipinski definition) is 7. The van der Waals surface area contributed by atoms with Gasteiger partial charge in [0.25, 0.3) is 0 Å². The smallest absolute Gasteiger partial charge is 0.238 e. The Morgan fingerprint density at radius 2 is 1.46 bits per heavy atom. The first kappa shape index (κ1) is 26.3. The highest BCUT2D eigenvalue weighted by Crippen LogP contribution is 2.35. The van der Waals surface area contributed by atoms with Crippen LogP contribution in [0.15, 0.2) is 82.8 Å². The third kappa shape index (κ3) is 6.31. The maximum atomic E-state index is 12.8. The Hall–Kier alpha value is -3.80. The molecule has 9 nitrogen and oxygen atoms in total. The molecule has 4 rings (SSSR count). The average Bonchev–Trinajstić information content (AvgIpc) is 3.32. The van der Waals surface area contributed by atoms with E-state index < -0.39 is 15.3 Å². The number of sulfonamides is 1. The minimum atomic E-state index is -3.80. The molecular weight excluding hydrogens is 512 g/mol. The number of nitrogens with zero attached hydrogens (tertiary/aromatic N) is 1. The third-order valence-corrected chi connectivity index (χ3v) is 7.45. The lowest BCUT2D eigenvalue weighted by molar-refractivity contribution is -0.115. The van der Waals surface area contributed by atoms with Crippen LogP contribution in [0, 0.1) is 0 Å². The van der Waals surface area contributed by atoms with Crippen molar-refractivity contribution in [2.24, 2.45) is 5.14 Å².